The van der Waals surface area contributed by atoms with Crippen LogP contribution in [0.2, 0.25) is 5.02 Å². The highest BCUT2D eigenvalue weighted by Gasteiger charge is 2.23. The number of halogens is 1. The van der Waals surface area contributed by atoms with Gasteiger partial charge in [-0.05, 0) is 49.2 Å². The average molecular weight is 445 g/mol. The van der Waals surface area contributed by atoms with Crippen LogP contribution < -0.4 is 4.74 Å². The van der Waals surface area contributed by atoms with Gasteiger partial charge in [-0.3, -0.25) is 9.59 Å². The van der Waals surface area contributed by atoms with Gasteiger partial charge in [0.05, 0.1) is 13.0 Å². The molecule has 3 rings (SSSR count). The Morgan fingerprint density at radius 1 is 0.935 bits per heavy atom. The number of hydrogen-bond donors (Lipinski definition) is 0. The molecular formula is C23H25ClN2O5. The Labute approximate surface area is 186 Å². The molecule has 7 nitrogen and oxygen atoms in total. The maximum atomic E-state index is 12.9. The fourth-order valence-electron chi connectivity index (χ4n) is 3.38. The highest BCUT2D eigenvalue weighted by Crippen LogP contribution is 2.18. The van der Waals surface area contributed by atoms with E-state index >= 15 is 0 Å². The van der Waals surface area contributed by atoms with Crippen LogP contribution in [-0.4, -0.2) is 60.6 Å². The van der Waals surface area contributed by atoms with Gasteiger partial charge in [0.2, 0.25) is 5.91 Å². The van der Waals surface area contributed by atoms with E-state index < -0.39 is 6.16 Å². The first-order valence-electron chi connectivity index (χ1n) is 10.2. The van der Waals surface area contributed by atoms with E-state index in [4.69, 9.17) is 21.1 Å². The summed E-state index contributed by atoms with van der Waals surface area (Å²) in [6.45, 7) is 4.00. The molecule has 164 valence electrons. The first kappa shape index (κ1) is 22.6. The van der Waals surface area contributed by atoms with E-state index in [9.17, 15) is 14.4 Å². The number of carbonyl (C=O) groups is 3. The minimum absolute atomic E-state index is 0.00265. The van der Waals surface area contributed by atoms with Crippen molar-refractivity contribution in [1.29, 1.82) is 0 Å². The van der Waals surface area contributed by atoms with Crippen molar-refractivity contribution >= 4 is 29.6 Å². The number of hydrogen-bond acceptors (Lipinski definition) is 5. The van der Waals surface area contributed by atoms with Crippen LogP contribution in [0.25, 0.3) is 0 Å². The number of nitrogens with zero attached hydrogens (tertiary/aromatic N) is 2. The predicted molar refractivity (Wildman–Crippen MR) is 116 cm³/mol. The summed E-state index contributed by atoms with van der Waals surface area (Å²) in [5.74, 6) is 0.188. The molecule has 2 aromatic carbocycles. The molecular weight excluding hydrogens is 420 g/mol. The summed E-state index contributed by atoms with van der Waals surface area (Å²) < 4.78 is 9.74. The maximum absolute atomic E-state index is 12.9. The zero-order chi connectivity index (χ0) is 22.2. The summed E-state index contributed by atoms with van der Waals surface area (Å²) in [6, 6.07) is 13.7. The molecule has 2 aromatic rings. The van der Waals surface area contributed by atoms with E-state index in [1.54, 1.807) is 47.1 Å². The molecule has 2 amide bonds. The van der Waals surface area contributed by atoms with Crippen LogP contribution in [0.1, 0.15) is 29.3 Å². The molecule has 0 N–H and O–H groups in total. The fraction of sp³-hybridized carbons (Fsp3) is 0.348. The SMILES string of the molecule is CCOC(=O)Oc1ccc(C(=O)N2CCCN(C(=O)Cc3ccccc3Cl)CC2)cc1. The van der Waals surface area contributed by atoms with E-state index in [0.29, 0.717) is 48.9 Å². The molecule has 0 bridgehead atoms. The normalized spacial score (nSPS) is 14.0. The third-order valence-electron chi connectivity index (χ3n) is 5.00. The number of benzene rings is 2. The van der Waals surface area contributed by atoms with Gasteiger partial charge in [0.25, 0.3) is 5.91 Å². The number of carbonyl (C=O) groups excluding carboxylic acids is 3. The molecule has 31 heavy (non-hydrogen) atoms. The van der Waals surface area contributed by atoms with Gasteiger partial charge in [-0.15, -0.1) is 0 Å². The van der Waals surface area contributed by atoms with Gasteiger partial charge in [-0.1, -0.05) is 29.8 Å². The van der Waals surface area contributed by atoms with E-state index in [0.717, 1.165) is 5.56 Å². The standard InChI is InChI=1S/C23H25ClN2O5/c1-2-30-23(29)31-19-10-8-17(9-11-19)22(28)26-13-5-12-25(14-15-26)21(27)16-18-6-3-4-7-20(18)24/h3-4,6-11H,2,5,12-16H2,1H3. The number of rotatable bonds is 5. The second-order valence-electron chi connectivity index (χ2n) is 7.10. The van der Waals surface area contributed by atoms with Crippen LogP contribution in [0, 0.1) is 0 Å². The van der Waals surface area contributed by atoms with Crippen LogP contribution in [-0.2, 0) is 16.0 Å². The van der Waals surface area contributed by atoms with Crippen LogP contribution in [0.3, 0.4) is 0 Å². The van der Waals surface area contributed by atoms with Crippen LogP contribution in [0.15, 0.2) is 48.5 Å². The Morgan fingerprint density at radius 2 is 1.61 bits per heavy atom. The predicted octanol–water partition coefficient (Wildman–Crippen LogP) is 3.79. The molecule has 0 aromatic heterocycles. The second kappa shape index (κ2) is 10.8. The molecule has 1 aliphatic rings. The van der Waals surface area contributed by atoms with Crippen molar-refractivity contribution in [3.63, 3.8) is 0 Å². The highest BCUT2D eigenvalue weighted by atomic mass is 35.5. The van der Waals surface area contributed by atoms with Crippen molar-refractivity contribution in [3.05, 3.63) is 64.7 Å². The summed E-state index contributed by atoms with van der Waals surface area (Å²) in [4.78, 5) is 40.5. The lowest BCUT2D eigenvalue weighted by Gasteiger charge is -2.22. The molecule has 1 aliphatic heterocycles. The molecule has 1 saturated heterocycles. The quantitative estimate of drug-likeness (QED) is 0.518. The maximum Gasteiger partial charge on any atom is 0.513 e. The second-order valence-corrected chi connectivity index (χ2v) is 7.51. The molecule has 0 aliphatic carbocycles. The minimum atomic E-state index is -0.782. The molecule has 0 unspecified atom stereocenters. The molecule has 1 heterocycles. The Balaban J connectivity index is 1.56. The number of ether oxygens (including phenoxy) is 2. The van der Waals surface area contributed by atoms with Crippen molar-refractivity contribution < 1.29 is 23.9 Å². The molecule has 1 fully saturated rings. The minimum Gasteiger partial charge on any atom is -0.434 e. The zero-order valence-corrected chi connectivity index (χ0v) is 18.1. The summed E-state index contributed by atoms with van der Waals surface area (Å²) >= 11 is 6.17. The Morgan fingerprint density at radius 3 is 2.32 bits per heavy atom. The van der Waals surface area contributed by atoms with Crippen molar-refractivity contribution in [1.82, 2.24) is 9.80 Å². The molecule has 0 saturated carbocycles. The van der Waals surface area contributed by atoms with Crippen LogP contribution >= 0.6 is 11.6 Å². The van der Waals surface area contributed by atoms with Gasteiger partial charge in [0.15, 0.2) is 0 Å². The van der Waals surface area contributed by atoms with Crippen molar-refractivity contribution in [3.8, 4) is 5.75 Å². The Kier molecular flexibility index (Phi) is 7.89. The number of amides is 2. The average Bonchev–Trinajstić information content (AvgIpc) is 3.02. The van der Waals surface area contributed by atoms with E-state index in [1.807, 2.05) is 18.2 Å². The van der Waals surface area contributed by atoms with Gasteiger partial charge in [-0.2, -0.15) is 0 Å². The topological polar surface area (TPSA) is 76.2 Å². The third-order valence-corrected chi connectivity index (χ3v) is 5.37. The van der Waals surface area contributed by atoms with Crippen molar-refractivity contribution in [2.24, 2.45) is 0 Å². The summed E-state index contributed by atoms with van der Waals surface area (Å²) in [6.07, 6.45) is 0.162. The van der Waals surface area contributed by atoms with E-state index in [2.05, 4.69) is 0 Å². The van der Waals surface area contributed by atoms with E-state index in [1.165, 1.54) is 0 Å². The lowest BCUT2D eigenvalue weighted by molar-refractivity contribution is -0.130. The molecule has 8 heteroatoms. The smallest absolute Gasteiger partial charge is 0.434 e. The van der Waals surface area contributed by atoms with Gasteiger partial charge in [-0.25, -0.2) is 4.79 Å². The third kappa shape index (κ3) is 6.21. The van der Waals surface area contributed by atoms with Gasteiger partial charge in [0, 0.05) is 36.8 Å². The van der Waals surface area contributed by atoms with Gasteiger partial charge < -0.3 is 19.3 Å². The lowest BCUT2D eigenvalue weighted by Crippen LogP contribution is -2.38. The Bertz CT molecular complexity index is 932. The van der Waals surface area contributed by atoms with Crippen LogP contribution in [0.4, 0.5) is 4.79 Å². The van der Waals surface area contributed by atoms with Crippen molar-refractivity contribution in [2.75, 3.05) is 32.8 Å². The summed E-state index contributed by atoms with van der Waals surface area (Å²) in [5.41, 5.74) is 1.29. The summed E-state index contributed by atoms with van der Waals surface area (Å²) in [7, 11) is 0. The van der Waals surface area contributed by atoms with Gasteiger partial charge in [0.1, 0.15) is 5.75 Å². The molecule has 0 radical (unpaired) electrons. The first-order valence-corrected chi connectivity index (χ1v) is 10.6. The van der Waals surface area contributed by atoms with Crippen molar-refractivity contribution in [2.45, 2.75) is 19.8 Å². The fourth-order valence-corrected chi connectivity index (χ4v) is 3.58. The summed E-state index contributed by atoms with van der Waals surface area (Å²) in [5, 5.41) is 0.581. The molecule has 0 atom stereocenters. The zero-order valence-electron chi connectivity index (χ0n) is 17.4. The Hall–Kier alpha value is -3.06. The van der Waals surface area contributed by atoms with Gasteiger partial charge >= 0.3 is 6.16 Å². The van der Waals surface area contributed by atoms with E-state index in [-0.39, 0.29) is 24.8 Å². The first-order chi connectivity index (χ1) is 15.0. The highest BCUT2D eigenvalue weighted by molar-refractivity contribution is 6.31. The molecule has 0 spiro atoms. The van der Waals surface area contributed by atoms with Crippen LogP contribution in [0.5, 0.6) is 5.75 Å². The monoisotopic (exact) mass is 444 g/mol. The largest absolute Gasteiger partial charge is 0.513 e. The lowest BCUT2D eigenvalue weighted by atomic mass is 10.1.